The molecule has 0 amide bonds. The van der Waals surface area contributed by atoms with Crippen LogP contribution in [0.3, 0.4) is 0 Å². The van der Waals surface area contributed by atoms with Gasteiger partial charge in [0.25, 0.3) is 6.26 Å². The second kappa shape index (κ2) is 5.15. The molecule has 1 aliphatic rings. The number of fused-ring (bicyclic) bond motifs is 2. The van der Waals surface area contributed by atoms with Crippen molar-refractivity contribution in [1.82, 2.24) is 9.38 Å². The summed E-state index contributed by atoms with van der Waals surface area (Å²) in [6, 6.07) is 8.05. The summed E-state index contributed by atoms with van der Waals surface area (Å²) in [5.74, 6) is 0.530. The number of aryl methyl sites for hydroxylation is 1. The second-order valence-electron chi connectivity index (χ2n) is 5.57. The Morgan fingerprint density at radius 3 is 2.96 bits per heavy atom. The molecule has 0 saturated carbocycles. The van der Waals surface area contributed by atoms with Gasteiger partial charge < -0.3 is 9.14 Å². The van der Waals surface area contributed by atoms with Crippen LogP contribution in [0.25, 0.3) is 16.6 Å². The van der Waals surface area contributed by atoms with E-state index in [4.69, 9.17) is 10.00 Å². The fourth-order valence-electron chi connectivity index (χ4n) is 3.31. The number of ether oxygens (including phenoxy) is 1. The summed E-state index contributed by atoms with van der Waals surface area (Å²) in [6.45, 7) is 0. The molecule has 0 bridgehead atoms. The van der Waals surface area contributed by atoms with Crippen LogP contribution in [0.5, 0.6) is 5.75 Å². The molecule has 2 heterocycles. The summed E-state index contributed by atoms with van der Waals surface area (Å²) >= 11 is 0. The summed E-state index contributed by atoms with van der Waals surface area (Å²) in [5, 5.41) is 18.6. The van der Waals surface area contributed by atoms with Crippen molar-refractivity contribution >= 4 is 5.52 Å². The van der Waals surface area contributed by atoms with E-state index in [1.54, 1.807) is 18.8 Å². The van der Waals surface area contributed by atoms with Crippen LogP contribution in [0, 0.1) is 22.8 Å². The molecule has 0 fully saturated rings. The zero-order chi connectivity index (χ0) is 15.8. The molecule has 4 rings (SSSR count). The summed E-state index contributed by atoms with van der Waals surface area (Å²) < 4.78 is 7.20. The van der Waals surface area contributed by atoms with Gasteiger partial charge in [-0.05, 0) is 54.2 Å². The molecule has 0 atom stereocenters. The van der Waals surface area contributed by atoms with Crippen LogP contribution < -0.4 is 4.74 Å². The molecule has 5 nitrogen and oxygen atoms in total. The van der Waals surface area contributed by atoms with Crippen molar-refractivity contribution in [2.45, 2.75) is 19.3 Å². The molecule has 5 heteroatoms. The van der Waals surface area contributed by atoms with E-state index in [2.05, 4.69) is 11.1 Å². The van der Waals surface area contributed by atoms with Gasteiger partial charge in [-0.2, -0.15) is 5.26 Å². The number of pyridine rings is 1. The van der Waals surface area contributed by atoms with E-state index in [0.717, 1.165) is 41.5 Å². The molecule has 0 aliphatic heterocycles. The molecular weight excluding hydrogens is 288 g/mol. The van der Waals surface area contributed by atoms with Gasteiger partial charge >= 0.3 is 0 Å². The molecule has 3 aromatic rings. The fraction of sp³-hybridized carbons (Fsp3) is 0.167. The quantitative estimate of drug-likeness (QED) is 0.681. The highest BCUT2D eigenvalue weighted by Gasteiger charge is 2.24. The zero-order valence-corrected chi connectivity index (χ0v) is 12.3. The lowest BCUT2D eigenvalue weighted by molar-refractivity contribution is 0.503. The molecule has 0 saturated heterocycles. The summed E-state index contributed by atoms with van der Waals surface area (Å²) in [4.78, 5) is 4.11. The lowest BCUT2D eigenvalue weighted by Crippen LogP contribution is -1.98. The molecule has 1 aromatic carbocycles. The molecule has 110 valence electrons. The van der Waals surface area contributed by atoms with Gasteiger partial charge in [0, 0.05) is 11.8 Å². The number of nitriles is 2. The van der Waals surface area contributed by atoms with Crippen molar-refractivity contribution < 1.29 is 4.74 Å². The van der Waals surface area contributed by atoms with Gasteiger partial charge in [0.1, 0.15) is 0 Å². The van der Waals surface area contributed by atoms with Crippen LogP contribution in [0.4, 0.5) is 0 Å². The van der Waals surface area contributed by atoms with Gasteiger partial charge in [-0.25, -0.2) is 4.98 Å². The minimum atomic E-state index is 0.530. The Bertz CT molecular complexity index is 1000. The van der Waals surface area contributed by atoms with Crippen molar-refractivity contribution in [2.24, 2.45) is 0 Å². The van der Waals surface area contributed by atoms with Crippen molar-refractivity contribution in [3.63, 3.8) is 0 Å². The molecular formula is C18H12N4O. The van der Waals surface area contributed by atoms with Crippen molar-refractivity contribution in [1.29, 1.82) is 10.5 Å². The van der Waals surface area contributed by atoms with Gasteiger partial charge in [0.15, 0.2) is 5.75 Å². The second-order valence-corrected chi connectivity index (χ2v) is 5.57. The lowest BCUT2D eigenvalue weighted by Gasteiger charge is -2.14. The summed E-state index contributed by atoms with van der Waals surface area (Å²) in [7, 11) is 0. The van der Waals surface area contributed by atoms with Crippen LogP contribution in [0.2, 0.25) is 0 Å². The van der Waals surface area contributed by atoms with E-state index < -0.39 is 0 Å². The lowest BCUT2D eigenvalue weighted by atomic mass is 9.94. The smallest absolute Gasteiger partial charge is 0.292 e. The van der Waals surface area contributed by atoms with Crippen LogP contribution in [0.1, 0.15) is 23.1 Å². The van der Waals surface area contributed by atoms with Crippen LogP contribution >= 0.6 is 0 Å². The van der Waals surface area contributed by atoms with Gasteiger partial charge in [-0.1, -0.05) is 0 Å². The van der Waals surface area contributed by atoms with E-state index in [1.165, 1.54) is 0 Å². The third-order valence-electron chi connectivity index (χ3n) is 4.32. The van der Waals surface area contributed by atoms with Gasteiger partial charge in [-0.3, -0.25) is 0 Å². The first-order valence-corrected chi connectivity index (χ1v) is 7.38. The van der Waals surface area contributed by atoms with Crippen LogP contribution in [-0.4, -0.2) is 9.38 Å². The third-order valence-corrected chi connectivity index (χ3v) is 4.32. The predicted molar refractivity (Wildman–Crippen MR) is 83.6 cm³/mol. The molecule has 23 heavy (non-hydrogen) atoms. The molecule has 0 unspecified atom stereocenters. The van der Waals surface area contributed by atoms with E-state index in [9.17, 15) is 5.26 Å². The standard InChI is InChI=1S/C18H12N4O/c19-8-14-6-12-2-1-3-16(12)18(23-10-20)17(14)13-4-5-22-11-21-9-15(22)7-13/h4-7,9,11H,1-3H2. The van der Waals surface area contributed by atoms with Crippen molar-refractivity contribution in [2.75, 3.05) is 0 Å². The van der Waals surface area contributed by atoms with Gasteiger partial charge in [0.2, 0.25) is 0 Å². The Kier molecular flexibility index (Phi) is 2.99. The Labute approximate surface area is 133 Å². The molecule has 0 radical (unpaired) electrons. The highest BCUT2D eigenvalue weighted by atomic mass is 16.5. The number of hydrogen-bond acceptors (Lipinski definition) is 4. The highest BCUT2D eigenvalue weighted by molar-refractivity contribution is 5.81. The third kappa shape index (κ3) is 2.03. The first-order valence-electron chi connectivity index (χ1n) is 7.38. The summed E-state index contributed by atoms with van der Waals surface area (Å²) in [6.07, 6.45) is 9.97. The molecule has 0 N–H and O–H groups in total. The monoisotopic (exact) mass is 300 g/mol. The van der Waals surface area contributed by atoms with Crippen molar-refractivity contribution in [3.8, 4) is 29.2 Å². The summed E-state index contributed by atoms with van der Waals surface area (Å²) in [5.41, 5.74) is 5.18. The SMILES string of the molecule is N#COc1c2c(cc(C#N)c1-c1ccn3cncc3c1)CCC2. The first kappa shape index (κ1) is 13.4. The number of aromatic nitrogens is 2. The Morgan fingerprint density at radius 2 is 2.13 bits per heavy atom. The van der Waals surface area contributed by atoms with Crippen molar-refractivity contribution in [3.05, 3.63) is 53.6 Å². The maximum atomic E-state index is 9.57. The average Bonchev–Trinajstić information content (AvgIpc) is 3.22. The fourth-order valence-corrected chi connectivity index (χ4v) is 3.31. The Morgan fingerprint density at radius 1 is 1.22 bits per heavy atom. The highest BCUT2D eigenvalue weighted by Crippen LogP contribution is 2.42. The Hall–Kier alpha value is -3.31. The maximum absolute atomic E-state index is 9.57. The van der Waals surface area contributed by atoms with E-state index in [0.29, 0.717) is 16.9 Å². The normalized spacial score (nSPS) is 12.6. The minimum absolute atomic E-state index is 0.530. The minimum Gasteiger partial charge on any atom is -0.387 e. The van der Waals surface area contributed by atoms with E-state index in [-0.39, 0.29) is 0 Å². The van der Waals surface area contributed by atoms with E-state index >= 15 is 0 Å². The largest absolute Gasteiger partial charge is 0.387 e. The average molecular weight is 300 g/mol. The van der Waals surface area contributed by atoms with Crippen LogP contribution in [0.15, 0.2) is 36.9 Å². The topological polar surface area (TPSA) is 74.1 Å². The molecule has 2 aromatic heterocycles. The number of nitrogens with zero attached hydrogens (tertiary/aromatic N) is 4. The van der Waals surface area contributed by atoms with Gasteiger partial charge in [-0.15, -0.1) is 5.26 Å². The van der Waals surface area contributed by atoms with Crippen LogP contribution in [-0.2, 0) is 12.8 Å². The molecule has 1 aliphatic carbocycles. The zero-order valence-electron chi connectivity index (χ0n) is 12.3. The number of imidazole rings is 1. The Balaban J connectivity index is 2.03. The number of rotatable bonds is 2. The first-order chi connectivity index (χ1) is 11.3. The maximum Gasteiger partial charge on any atom is 0.292 e. The van der Waals surface area contributed by atoms with E-state index in [1.807, 2.05) is 28.8 Å². The number of benzene rings is 1. The number of hydrogen-bond donors (Lipinski definition) is 0. The molecule has 0 spiro atoms. The van der Waals surface area contributed by atoms with Gasteiger partial charge in [0.05, 0.1) is 29.7 Å². The predicted octanol–water partition coefficient (Wildman–Crippen LogP) is 3.22.